The molecule has 0 aromatic rings. The van der Waals surface area contributed by atoms with Gasteiger partial charge < -0.3 is 14.9 Å². The molecule has 7 nitrogen and oxygen atoms in total. The van der Waals surface area contributed by atoms with Gasteiger partial charge in [0.25, 0.3) is 5.91 Å². The van der Waals surface area contributed by atoms with Crippen LogP contribution >= 0.6 is 0 Å². The molecule has 0 saturated carbocycles. The number of aliphatic hydroxyl groups is 1. The third kappa shape index (κ3) is 2.17. The van der Waals surface area contributed by atoms with E-state index in [0.29, 0.717) is 6.54 Å². The number of carbonyl (C=O) groups excluding carboxylic acids is 3. The maximum atomic E-state index is 12.0. The second-order valence-corrected chi connectivity index (χ2v) is 4.68. The van der Waals surface area contributed by atoms with E-state index in [0.717, 1.165) is 17.7 Å². The van der Waals surface area contributed by atoms with Gasteiger partial charge in [0.1, 0.15) is 13.1 Å². The van der Waals surface area contributed by atoms with Crippen LogP contribution in [0, 0.1) is 0 Å². The van der Waals surface area contributed by atoms with Gasteiger partial charge in [-0.3, -0.25) is 14.5 Å². The number of likely N-dealkylation sites (N-methyl/N-ethyl adjacent to an activating group) is 1. The van der Waals surface area contributed by atoms with Crippen molar-refractivity contribution in [2.75, 3.05) is 33.3 Å². The Morgan fingerprint density at radius 1 is 1.44 bits per heavy atom. The van der Waals surface area contributed by atoms with Crippen LogP contribution in [0.4, 0.5) is 4.79 Å². The highest BCUT2D eigenvalue weighted by Crippen LogP contribution is 2.18. The topological polar surface area (TPSA) is 81.2 Å². The minimum atomic E-state index is -0.437. The molecule has 0 bridgehead atoms. The van der Waals surface area contributed by atoms with E-state index in [-0.39, 0.29) is 37.6 Å². The monoisotopic (exact) mass is 255 g/mol. The van der Waals surface area contributed by atoms with Gasteiger partial charge >= 0.3 is 6.03 Å². The fourth-order valence-electron chi connectivity index (χ4n) is 2.40. The van der Waals surface area contributed by atoms with Crippen molar-refractivity contribution in [1.29, 1.82) is 0 Å². The highest BCUT2D eigenvalue weighted by molar-refractivity contribution is 6.04. The number of hydrogen-bond acceptors (Lipinski definition) is 4. The standard InChI is InChI=1S/C11H17N3O4/c1-12-5-9(16)14(11(12)18)6-10(17)13-4-2-3-8(13)7-15/h8,15H,2-7H2,1H3/t8-/m1/s1. The third-order valence-electron chi connectivity index (χ3n) is 3.43. The zero-order valence-electron chi connectivity index (χ0n) is 10.3. The van der Waals surface area contributed by atoms with E-state index < -0.39 is 6.03 Å². The van der Waals surface area contributed by atoms with Crippen molar-refractivity contribution < 1.29 is 19.5 Å². The van der Waals surface area contributed by atoms with Crippen LogP contribution in [0.5, 0.6) is 0 Å². The summed E-state index contributed by atoms with van der Waals surface area (Å²) in [6.45, 7) is 0.303. The molecule has 0 unspecified atom stereocenters. The number of urea groups is 1. The van der Waals surface area contributed by atoms with Gasteiger partial charge in [-0.2, -0.15) is 0 Å². The Hall–Kier alpha value is -1.63. The zero-order chi connectivity index (χ0) is 13.3. The van der Waals surface area contributed by atoms with Crippen molar-refractivity contribution in [3.05, 3.63) is 0 Å². The second kappa shape index (κ2) is 4.93. The average Bonchev–Trinajstić information content (AvgIpc) is 2.90. The van der Waals surface area contributed by atoms with Crippen LogP contribution in [0.25, 0.3) is 0 Å². The first-order valence-corrected chi connectivity index (χ1v) is 6.00. The quantitative estimate of drug-likeness (QED) is 0.647. The Kier molecular flexibility index (Phi) is 3.51. The van der Waals surface area contributed by atoms with Gasteiger partial charge in [0.2, 0.25) is 5.91 Å². The number of amides is 4. The summed E-state index contributed by atoms with van der Waals surface area (Å²) in [6, 6.07) is -0.615. The van der Waals surface area contributed by atoms with Crippen LogP contribution in [0.15, 0.2) is 0 Å². The molecule has 7 heteroatoms. The Morgan fingerprint density at radius 2 is 2.17 bits per heavy atom. The summed E-state index contributed by atoms with van der Waals surface area (Å²) >= 11 is 0. The van der Waals surface area contributed by atoms with Gasteiger partial charge in [-0.05, 0) is 12.8 Å². The number of imide groups is 1. The van der Waals surface area contributed by atoms with Crippen molar-refractivity contribution in [2.45, 2.75) is 18.9 Å². The van der Waals surface area contributed by atoms with Crippen molar-refractivity contribution >= 4 is 17.8 Å². The Morgan fingerprint density at radius 3 is 2.72 bits per heavy atom. The van der Waals surface area contributed by atoms with Crippen LogP contribution in [0.3, 0.4) is 0 Å². The van der Waals surface area contributed by atoms with Crippen molar-refractivity contribution in [2.24, 2.45) is 0 Å². The van der Waals surface area contributed by atoms with E-state index in [1.54, 1.807) is 4.90 Å². The van der Waals surface area contributed by atoms with Crippen LogP contribution in [-0.4, -0.2) is 77.0 Å². The summed E-state index contributed by atoms with van der Waals surface area (Å²) in [4.78, 5) is 39.0. The number of likely N-dealkylation sites (tertiary alicyclic amines) is 1. The van der Waals surface area contributed by atoms with Crippen LogP contribution in [0.1, 0.15) is 12.8 Å². The highest BCUT2D eigenvalue weighted by atomic mass is 16.3. The van der Waals surface area contributed by atoms with E-state index in [4.69, 9.17) is 5.11 Å². The number of aliphatic hydroxyl groups excluding tert-OH is 1. The largest absolute Gasteiger partial charge is 0.394 e. The Balaban J connectivity index is 1.99. The average molecular weight is 255 g/mol. The minimum absolute atomic E-state index is 0.0234. The molecule has 1 N–H and O–H groups in total. The number of hydrogen-bond donors (Lipinski definition) is 1. The predicted molar refractivity (Wildman–Crippen MR) is 61.6 cm³/mol. The van der Waals surface area contributed by atoms with E-state index >= 15 is 0 Å². The lowest BCUT2D eigenvalue weighted by Gasteiger charge is -2.25. The summed E-state index contributed by atoms with van der Waals surface area (Å²) in [5.74, 6) is -0.626. The van der Waals surface area contributed by atoms with Gasteiger partial charge in [-0.1, -0.05) is 0 Å². The number of rotatable bonds is 3. The first-order valence-electron chi connectivity index (χ1n) is 6.00. The van der Waals surface area contributed by atoms with E-state index in [1.165, 1.54) is 11.9 Å². The van der Waals surface area contributed by atoms with Gasteiger partial charge in [0.15, 0.2) is 0 Å². The summed E-state index contributed by atoms with van der Waals surface area (Å²) in [5, 5.41) is 9.14. The molecule has 4 amide bonds. The normalized spacial score (nSPS) is 24.3. The molecule has 2 aliphatic heterocycles. The third-order valence-corrected chi connectivity index (χ3v) is 3.43. The van der Waals surface area contributed by atoms with Crippen molar-refractivity contribution in [3.8, 4) is 0 Å². The molecule has 18 heavy (non-hydrogen) atoms. The predicted octanol–water partition coefficient (Wildman–Crippen LogP) is -1.14. The Labute approximate surface area is 105 Å². The molecule has 2 heterocycles. The maximum absolute atomic E-state index is 12.0. The fourth-order valence-corrected chi connectivity index (χ4v) is 2.40. The van der Waals surface area contributed by atoms with E-state index in [1.807, 2.05) is 0 Å². The molecule has 2 fully saturated rings. The fraction of sp³-hybridized carbons (Fsp3) is 0.727. The molecular formula is C11H17N3O4. The van der Waals surface area contributed by atoms with Crippen molar-refractivity contribution in [3.63, 3.8) is 0 Å². The van der Waals surface area contributed by atoms with Gasteiger partial charge in [0.05, 0.1) is 12.6 Å². The number of nitrogens with zero attached hydrogens (tertiary/aromatic N) is 3. The molecule has 0 aromatic carbocycles. The van der Waals surface area contributed by atoms with Crippen molar-refractivity contribution in [1.82, 2.24) is 14.7 Å². The lowest BCUT2D eigenvalue weighted by Crippen LogP contribution is -2.45. The summed E-state index contributed by atoms with van der Waals surface area (Å²) in [6.07, 6.45) is 1.61. The first-order chi connectivity index (χ1) is 8.54. The first kappa shape index (κ1) is 12.8. The summed E-state index contributed by atoms with van der Waals surface area (Å²) in [7, 11) is 1.52. The maximum Gasteiger partial charge on any atom is 0.327 e. The molecular weight excluding hydrogens is 238 g/mol. The smallest absolute Gasteiger partial charge is 0.327 e. The van der Waals surface area contributed by atoms with Gasteiger partial charge in [0, 0.05) is 13.6 Å². The van der Waals surface area contributed by atoms with E-state index in [2.05, 4.69) is 0 Å². The molecule has 0 radical (unpaired) electrons. The SMILES string of the molecule is CN1CC(=O)N(CC(=O)N2CCC[C@@H]2CO)C1=O. The molecule has 0 aromatic heterocycles. The lowest BCUT2D eigenvalue weighted by molar-refractivity contribution is -0.137. The minimum Gasteiger partial charge on any atom is -0.394 e. The molecule has 100 valence electrons. The van der Waals surface area contributed by atoms with Crippen LogP contribution in [0.2, 0.25) is 0 Å². The zero-order valence-corrected chi connectivity index (χ0v) is 10.3. The van der Waals surface area contributed by atoms with Gasteiger partial charge in [-0.25, -0.2) is 4.79 Å². The molecule has 0 spiro atoms. The summed E-state index contributed by atoms with van der Waals surface area (Å²) < 4.78 is 0. The summed E-state index contributed by atoms with van der Waals surface area (Å²) in [5.41, 5.74) is 0. The lowest BCUT2D eigenvalue weighted by atomic mass is 10.2. The second-order valence-electron chi connectivity index (χ2n) is 4.68. The number of carbonyl (C=O) groups is 3. The molecule has 2 saturated heterocycles. The highest BCUT2D eigenvalue weighted by Gasteiger charge is 2.37. The Bertz CT molecular complexity index is 384. The molecule has 1 atom stereocenters. The van der Waals surface area contributed by atoms with E-state index in [9.17, 15) is 14.4 Å². The van der Waals surface area contributed by atoms with Crippen LogP contribution < -0.4 is 0 Å². The van der Waals surface area contributed by atoms with Gasteiger partial charge in [-0.15, -0.1) is 0 Å². The van der Waals surface area contributed by atoms with Crippen LogP contribution in [-0.2, 0) is 9.59 Å². The molecule has 0 aliphatic carbocycles. The molecule has 2 rings (SSSR count). The molecule has 2 aliphatic rings.